The number of aryl methyl sites for hydroxylation is 1. The summed E-state index contributed by atoms with van der Waals surface area (Å²) in [6.07, 6.45) is 3.57. The van der Waals surface area contributed by atoms with Crippen molar-refractivity contribution < 1.29 is 4.79 Å². The maximum Gasteiger partial charge on any atom is 0.220 e. The van der Waals surface area contributed by atoms with Crippen molar-refractivity contribution >= 4 is 34.8 Å². The van der Waals surface area contributed by atoms with Crippen LogP contribution >= 0.6 is 23.2 Å². The van der Waals surface area contributed by atoms with E-state index in [4.69, 9.17) is 23.2 Å². The Balaban J connectivity index is 1.52. The minimum atomic E-state index is -0.0254. The summed E-state index contributed by atoms with van der Waals surface area (Å²) in [7, 11) is 0. The summed E-state index contributed by atoms with van der Waals surface area (Å²) in [5.41, 5.74) is 3.33. The molecule has 0 unspecified atom stereocenters. The number of halogens is 2. The SMILES string of the molecule is C[C@H]1CCCN(c2ccc([C@H](C)NC(=O)CCc3ccc(Cl)cc3Cl)cc2)C1. The van der Waals surface area contributed by atoms with Gasteiger partial charge < -0.3 is 10.2 Å². The van der Waals surface area contributed by atoms with Crippen LogP contribution in [0.15, 0.2) is 42.5 Å². The maximum atomic E-state index is 12.3. The minimum absolute atomic E-state index is 0.0208. The number of amides is 1. The molecule has 1 heterocycles. The molecule has 0 aliphatic carbocycles. The highest BCUT2D eigenvalue weighted by molar-refractivity contribution is 6.35. The summed E-state index contributed by atoms with van der Waals surface area (Å²) in [4.78, 5) is 14.8. The Hall–Kier alpha value is -1.71. The lowest BCUT2D eigenvalue weighted by molar-refractivity contribution is -0.121. The van der Waals surface area contributed by atoms with Crippen molar-refractivity contribution in [1.29, 1.82) is 0 Å². The van der Waals surface area contributed by atoms with Gasteiger partial charge in [-0.05, 0) is 67.5 Å². The van der Waals surface area contributed by atoms with E-state index in [9.17, 15) is 4.79 Å². The first-order valence-electron chi connectivity index (χ1n) is 10.0. The van der Waals surface area contributed by atoms with Gasteiger partial charge in [0.25, 0.3) is 0 Å². The van der Waals surface area contributed by atoms with Crippen LogP contribution in [0.4, 0.5) is 5.69 Å². The maximum absolute atomic E-state index is 12.3. The van der Waals surface area contributed by atoms with Crippen LogP contribution in [-0.2, 0) is 11.2 Å². The Bertz CT molecular complexity index is 807. The van der Waals surface area contributed by atoms with Gasteiger partial charge in [0, 0.05) is 35.2 Å². The highest BCUT2D eigenvalue weighted by Gasteiger charge is 2.17. The number of carbonyl (C=O) groups is 1. The number of hydrogen-bond donors (Lipinski definition) is 1. The quantitative estimate of drug-likeness (QED) is 0.619. The van der Waals surface area contributed by atoms with E-state index in [1.807, 2.05) is 13.0 Å². The van der Waals surface area contributed by atoms with E-state index in [0.29, 0.717) is 22.9 Å². The van der Waals surface area contributed by atoms with Gasteiger partial charge in [0.1, 0.15) is 0 Å². The van der Waals surface area contributed by atoms with Crippen LogP contribution < -0.4 is 10.2 Å². The fraction of sp³-hybridized carbons (Fsp3) is 0.435. The molecule has 150 valence electrons. The van der Waals surface area contributed by atoms with Gasteiger partial charge in [-0.15, -0.1) is 0 Å². The highest BCUT2D eigenvalue weighted by atomic mass is 35.5. The number of nitrogens with one attached hydrogen (secondary N) is 1. The summed E-state index contributed by atoms with van der Waals surface area (Å²) in [5.74, 6) is 0.772. The van der Waals surface area contributed by atoms with E-state index in [1.54, 1.807) is 12.1 Å². The Morgan fingerprint density at radius 1 is 1.21 bits per heavy atom. The molecule has 2 atom stereocenters. The molecular weight excluding hydrogens is 391 g/mol. The highest BCUT2D eigenvalue weighted by Crippen LogP contribution is 2.25. The predicted molar refractivity (Wildman–Crippen MR) is 118 cm³/mol. The number of rotatable bonds is 6. The molecule has 0 spiro atoms. The molecule has 1 aliphatic heterocycles. The zero-order chi connectivity index (χ0) is 20.1. The molecule has 0 aromatic heterocycles. The molecule has 3 nitrogen and oxygen atoms in total. The fourth-order valence-corrected chi connectivity index (χ4v) is 4.27. The minimum Gasteiger partial charge on any atom is -0.371 e. The average molecular weight is 419 g/mol. The molecule has 1 N–H and O–H groups in total. The fourth-order valence-electron chi connectivity index (χ4n) is 3.77. The molecular formula is C23H28Cl2N2O. The lowest BCUT2D eigenvalue weighted by Gasteiger charge is -2.33. The zero-order valence-corrected chi connectivity index (χ0v) is 18.1. The van der Waals surface area contributed by atoms with Gasteiger partial charge in [0.2, 0.25) is 5.91 Å². The van der Waals surface area contributed by atoms with Gasteiger partial charge in [-0.3, -0.25) is 4.79 Å². The molecule has 1 fully saturated rings. The Morgan fingerprint density at radius 2 is 1.96 bits per heavy atom. The second-order valence-corrected chi connectivity index (χ2v) is 8.65. The van der Waals surface area contributed by atoms with E-state index < -0.39 is 0 Å². The van der Waals surface area contributed by atoms with Gasteiger partial charge in [-0.1, -0.05) is 48.3 Å². The molecule has 0 radical (unpaired) electrons. The summed E-state index contributed by atoms with van der Waals surface area (Å²) < 4.78 is 0. The van der Waals surface area contributed by atoms with Crippen LogP contribution in [0, 0.1) is 5.92 Å². The molecule has 5 heteroatoms. The Kier molecular flexibility index (Phi) is 7.25. The summed E-state index contributed by atoms with van der Waals surface area (Å²) in [6.45, 7) is 6.59. The number of anilines is 1. The second-order valence-electron chi connectivity index (χ2n) is 7.81. The third-order valence-electron chi connectivity index (χ3n) is 5.43. The molecule has 0 saturated carbocycles. The van der Waals surface area contributed by atoms with E-state index in [-0.39, 0.29) is 11.9 Å². The lowest BCUT2D eigenvalue weighted by Crippen LogP contribution is -2.34. The first-order valence-corrected chi connectivity index (χ1v) is 10.8. The van der Waals surface area contributed by atoms with Gasteiger partial charge in [-0.2, -0.15) is 0 Å². The van der Waals surface area contributed by atoms with Gasteiger partial charge in [0.15, 0.2) is 0 Å². The summed E-state index contributed by atoms with van der Waals surface area (Å²) in [5, 5.41) is 4.29. The average Bonchev–Trinajstić information content (AvgIpc) is 2.67. The topological polar surface area (TPSA) is 32.3 Å². The van der Waals surface area contributed by atoms with Gasteiger partial charge in [-0.25, -0.2) is 0 Å². The van der Waals surface area contributed by atoms with Crippen molar-refractivity contribution in [3.63, 3.8) is 0 Å². The first kappa shape index (κ1) is 21.0. The molecule has 2 aromatic rings. The van der Waals surface area contributed by atoms with Gasteiger partial charge in [0.05, 0.1) is 6.04 Å². The van der Waals surface area contributed by atoms with Crippen LogP contribution in [0.2, 0.25) is 10.0 Å². The smallest absolute Gasteiger partial charge is 0.220 e. The molecule has 1 aliphatic rings. The standard InChI is InChI=1S/C23H28Cl2N2O/c1-16-4-3-13-27(15-16)21-10-6-18(7-11-21)17(2)26-23(28)12-8-19-5-9-20(24)14-22(19)25/h5-7,9-11,14,16-17H,3-4,8,12-13,15H2,1-2H3,(H,26,28)/t16-,17-/m0/s1. The van der Waals surface area contributed by atoms with Crippen molar-refractivity contribution in [3.8, 4) is 0 Å². The number of carbonyl (C=O) groups excluding carboxylic acids is 1. The zero-order valence-electron chi connectivity index (χ0n) is 16.6. The first-order chi connectivity index (χ1) is 13.4. The number of benzene rings is 2. The lowest BCUT2D eigenvalue weighted by atomic mass is 9.99. The summed E-state index contributed by atoms with van der Waals surface area (Å²) >= 11 is 12.1. The van der Waals surface area contributed by atoms with Crippen molar-refractivity contribution in [1.82, 2.24) is 5.32 Å². The monoisotopic (exact) mass is 418 g/mol. The second kappa shape index (κ2) is 9.67. The predicted octanol–water partition coefficient (Wildman–Crippen LogP) is 6.04. The van der Waals surface area contributed by atoms with Crippen LogP contribution in [0.25, 0.3) is 0 Å². The van der Waals surface area contributed by atoms with Crippen molar-refractivity contribution in [2.24, 2.45) is 5.92 Å². The summed E-state index contributed by atoms with van der Waals surface area (Å²) in [6, 6.07) is 13.9. The third-order valence-corrected chi connectivity index (χ3v) is 6.02. The number of nitrogens with zero attached hydrogens (tertiary/aromatic N) is 1. The molecule has 0 bridgehead atoms. The van der Waals surface area contributed by atoms with Crippen LogP contribution in [0.5, 0.6) is 0 Å². The van der Waals surface area contributed by atoms with Gasteiger partial charge >= 0.3 is 0 Å². The largest absolute Gasteiger partial charge is 0.371 e. The van der Waals surface area contributed by atoms with Crippen LogP contribution in [0.3, 0.4) is 0 Å². The van der Waals surface area contributed by atoms with E-state index >= 15 is 0 Å². The van der Waals surface area contributed by atoms with Crippen LogP contribution in [-0.4, -0.2) is 19.0 Å². The molecule has 1 amide bonds. The Morgan fingerprint density at radius 3 is 2.64 bits per heavy atom. The number of hydrogen-bond acceptors (Lipinski definition) is 2. The van der Waals surface area contributed by atoms with E-state index in [2.05, 4.69) is 41.4 Å². The molecule has 28 heavy (non-hydrogen) atoms. The van der Waals surface area contributed by atoms with Crippen molar-refractivity contribution in [3.05, 3.63) is 63.6 Å². The number of piperidine rings is 1. The normalized spacial score (nSPS) is 18.0. The molecule has 2 aromatic carbocycles. The van der Waals surface area contributed by atoms with E-state index in [0.717, 1.165) is 30.1 Å². The van der Waals surface area contributed by atoms with E-state index in [1.165, 1.54) is 18.5 Å². The molecule has 3 rings (SSSR count). The van der Waals surface area contributed by atoms with Crippen molar-refractivity contribution in [2.45, 2.75) is 45.6 Å². The van der Waals surface area contributed by atoms with Crippen molar-refractivity contribution in [2.75, 3.05) is 18.0 Å². The molecule has 1 saturated heterocycles. The third kappa shape index (κ3) is 5.65. The van der Waals surface area contributed by atoms with Crippen LogP contribution in [0.1, 0.15) is 50.3 Å². The Labute approximate surface area is 178 Å².